The molecule has 4 nitrogen and oxygen atoms in total. The lowest BCUT2D eigenvalue weighted by Gasteiger charge is -2.13. The largest absolute Gasteiger partial charge is 0.293 e. The minimum absolute atomic E-state index is 0.741. The van der Waals surface area contributed by atoms with E-state index in [4.69, 9.17) is 9.97 Å². The highest BCUT2D eigenvalue weighted by Gasteiger charge is 2.24. The maximum Gasteiger partial charge on any atom is 0.164 e. The Labute approximate surface area is 232 Å². The monoisotopic (exact) mass is 514 g/mol. The van der Waals surface area contributed by atoms with Crippen LogP contribution in [0.15, 0.2) is 133 Å². The third-order valence-corrected chi connectivity index (χ3v) is 7.80. The second-order valence-electron chi connectivity index (χ2n) is 10.2. The molecule has 0 amide bonds. The molecule has 1 aliphatic rings. The van der Waals surface area contributed by atoms with Gasteiger partial charge in [-0.2, -0.15) is 0 Å². The average molecular weight is 515 g/mol. The SMILES string of the molecule is C1=CCCC(c2cc(-c3ccccc3)nc(-c3c4ccccc4n4c5ccccc5n(-c5ccccc5)c34)n2)=C1. The number of fused-ring (bicyclic) bond motifs is 5. The van der Waals surface area contributed by atoms with Crippen molar-refractivity contribution in [2.45, 2.75) is 12.8 Å². The van der Waals surface area contributed by atoms with E-state index in [2.05, 4.69) is 136 Å². The summed E-state index contributed by atoms with van der Waals surface area (Å²) in [6.07, 6.45) is 8.54. The summed E-state index contributed by atoms with van der Waals surface area (Å²) in [5.41, 5.74) is 10.9. The molecule has 4 aromatic carbocycles. The van der Waals surface area contributed by atoms with Crippen molar-refractivity contribution in [3.63, 3.8) is 0 Å². The van der Waals surface area contributed by atoms with E-state index in [0.717, 1.165) is 74.5 Å². The Morgan fingerprint density at radius 2 is 1.30 bits per heavy atom. The molecule has 3 aromatic heterocycles. The summed E-state index contributed by atoms with van der Waals surface area (Å²) in [6, 6.07) is 40.4. The summed E-state index contributed by atoms with van der Waals surface area (Å²) in [4.78, 5) is 10.6. The first-order valence-corrected chi connectivity index (χ1v) is 13.8. The van der Waals surface area contributed by atoms with Gasteiger partial charge >= 0.3 is 0 Å². The molecule has 1 aliphatic carbocycles. The summed E-state index contributed by atoms with van der Waals surface area (Å²) in [5, 5.41) is 1.14. The van der Waals surface area contributed by atoms with Crippen molar-refractivity contribution in [2.75, 3.05) is 0 Å². The Hall–Kier alpha value is -5.22. The first kappa shape index (κ1) is 22.7. The Bertz CT molecular complexity index is 2090. The van der Waals surface area contributed by atoms with Gasteiger partial charge in [-0.05, 0) is 54.8 Å². The van der Waals surface area contributed by atoms with E-state index >= 15 is 0 Å². The number of hydrogen-bond donors (Lipinski definition) is 0. The normalized spacial score (nSPS) is 13.3. The van der Waals surface area contributed by atoms with Gasteiger partial charge in [0.25, 0.3) is 0 Å². The van der Waals surface area contributed by atoms with Crippen molar-refractivity contribution < 1.29 is 0 Å². The van der Waals surface area contributed by atoms with Crippen LogP contribution in [0.2, 0.25) is 0 Å². The molecule has 0 atom stereocenters. The highest BCUT2D eigenvalue weighted by molar-refractivity contribution is 6.08. The molecule has 3 heterocycles. The van der Waals surface area contributed by atoms with Crippen molar-refractivity contribution in [2.24, 2.45) is 0 Å². The Morgan fingerprint density at radius 1 is 0.625 bits per heavy atom. The van der Waals surface area contributed by atoms with Gasteiger partial charge in [-0.3, -0.25) is 8.97 Å². The maximum absolute atomic E-state index is 5.29. The lowest BCUT2D eigenvalue weighted by molar-refractivity contribution is 1.03. The highest BCUT2D eigenvalue weighted by Crippen LogP contribution is 2.40. The topological polar surface area (TPSA) is 35.1 Å². The van der Waals surface area contributed by atoms with Crippen molar-refractivity contribution in [1.82, 2.24) is 18.9 Å². The van der Waals surface area contributed by atoms with Crippen LogP contribution in [0.25, 0.3) is 61.5 Å². The molecule has 0 spiro atoms. The van der Waals surface area contributed by atoms with Crippen LogP contribution < -0.4 is 0 Å². The van der Waals surface area contributed by atoms with E-state index in [9.17, 15) is 0 Å². The highest BCUT2D eigenvalue weighted by atomic mass is 15.1. The number of allylic oxidation sites excluding steroid dienone is 4. The van der Waals surface area contributed by atoms with E-state index in [0.29, 0.717) is 0 Å². The van der Waals surface area contributed by atoms with Crippen LogP contribution in [0.3, 0.4) is 0 Å². The Balaban J connectivity index is 1.53. The van der Waals surface area contributed by atoms with Crippen LogP contribution in [-0.2, 0) is 0 Å². The van der Waals surface area contributed by atoms with Gasteiger partial charge < -0.3 is 0 Å². The molecule has 0 unspecified atom stereocenters. The first-order chi connectivity index (χ1) is 19.9. The van der Waals surface area contributed by atoms with Gasteiger partial charge in [-0.25, -0.2) is 9.97 Å². The van der Waals surface area contributed by atoms with Crippen molar-refractivity contribution >= 4 is 33.2 Å². The van der Waals surface area contributed by atoms with Gasteiger partial charge in [0.15, 0.2) is 5.82 Å². The first-order valence-electron chi connectivity index (χ1n) is 13.8. The molecule has 7 aromatic rings. The summed E-state index contributed by atoms with van der Waals surface area (Å²) in [6.45, 7) is 0. The fraction of sp³-hybridized carbons (Fsp3) is 0.0556. The smallest absolute Gasteiger partial charge is 0.164 e. The number of aromatic nitrogens is 4. The Kier molecular flexibility index (Phi) is 5.23. The number of benzene rings is 4. The van der Waals surface area contributed by atoms with Gasteiger partial charge in [-0.15, -0.1) is 0 Å². The standard InChI is InChI=1S/C36H26N4/c1-4-14-25(15-5-1)29-24-30(26-16-6-2-7-17-26)38-35(37-29)34-28-20-10-11-21-31(28)40-33-23-13-12-22-32(33)39(36(34)40)27-18-8-3-9-19-27/h1-6,8-16,18-24H,7,17H2. The van der Waals surface area contributed by atoms with E-state index in [1.165, 1.54) is 5.57 Å². The molecule has 190 valence electrons. The van der Waals surface area contributed by atoms with E-state index < -0.39 is 0 Å². The summed E-state index contributed by atoms with van der Waals surface area (Å²) in [7, 11) is 0. The van der Waals surface area contributed by atoms with Crippen LogP contribution in [0, 0.1) is 0 Å². The van der Waals surface area contributed by atoms with Crippen molar-refractivity contribution in [1.29, 1.82) is 0 Å². The minimum Gasteiger partial charge on any atom is -0.293 e. The van der Waals surface area contributed by atoms with Crippen LogP contribution in [0.5, 0.6) is 0 Å². The molecule has 0 aliphatic heterocycles. The third-order valence-electron chi connectivity index (χ3n) is 7.80. The molecule has 0 saturated carbocycles. The summed E-state index contributed by atoms with van der Waals surface area (Å²) >= 11 is 0. The lowest BCUT2D eigenvalue weighted by atomic mass is 10.00. The molecule has 0 radical (unpaired) electrons. The fourth-order valence-corrected chi connectivity index (χ4v) is 5.99. The molecule has 4 heteroatoms. The van der Waals surface area contributed by atoms with Gasteiger partial charge in [0.05, 0.1) is 33.5 Å². The predicted molar refractivity (Wildman–Crippen MR) is 165 cm³/mol. The maximum atomic E-state index is 5.29. The second-order valence-corrected chi connectivity index (χ2v) is 10.2. The Morgan fingerprint density at radius 3 is 2.08 bits per heavy atom. The van der Waals surface area contributed by atoms with Gasteiger partial charge in [0.2, 0.25) is 0 Å². The molecular formula is C36H26N4. The fourth-order valence-electron chi connectivity index (χ4n) is 5.99. The van der Waals surface area contributed by atoms with Crippen molar-refractivity contribution in [3.8, 4) is 28.3 Å². The van der Waals surface area contributed by atoms with Gasteiger partial charge in [-0.1, -0.05) is 97.1 Å². The van der Waals surface area contributed by atoms with Crippen molar-refractivity contribution in [3.05, 3.63) is 139 Å². The molecule has 0 bridgehead atoms. The quantitative estimate of drug-likeness (QED) is 0.235. The number of nitrogens with zero attached hydrogens (tertiary/aromatic N) is 4. The van der Waals surface area contributed by atoms with Crippen LogP contribution >= 0.6 is 0 Å². The predicted octanol–water partition coefficient (Wildman–Crippen LogP) is 8.89. The molecule has 0 N–H and O–H groups in total. The summed E-state index contributed by atoms with van der Waals surface area (Å²) in [5.74, 6) is 0.741. The number of imidazole rings is 1. The van der Waals surface area contributed by atoms with Crippen LogP contribution in [0.1, 0.15) is 18.5 Å². The van der Waals surface area contributed by atoms with E-state index in [1.807, 2.05) is 6.07 Å². The minimum atomic E-state index is 0.741. The third kappa shape index (κ3) is 3.53. The van der Waals surface area contributed by atoms with Gasteiger partial charge in [0, 0.05) is 16.6 Å². The van der Waals surface area contributed by atoms with Crippen LogP contribution in [-0.4, -0.2) is 18.9 Å². The average Bonchev–Trinajstić information content (AvgIpc) is 3.55. The number of hydrogen-bond acceptors (Lipinski definition) is 2. The molecule has 8 rings (SSSR count). The summed E-state index contributed by atoms with van der Waals surface area (Å²) < 4.78 is 4.72. The second kappa shape index (κ2) is 9.21. The van der Waals surface area contributed by atoms with Gasteiger partial charge in [0.1, 0.15) is 5.65 Å². The molecule has 0 fully saturated rings. The van der Waals surface area contributed by atoms with Crippen LogP contribution in [0.4, 0.5) is 0 Å². The number of para-hydroxylation sites is 4. The zero-order valence-electron chi connectivity index (χ0n) is 21.9. The number of rotatable bonds is 4. The zero-order valence-corrected chi connectivity index (χ0v) is 21.9. The van der Waals surface area contributed by atoms with E-state index in [-0.39, 0.29) is 0 Å². The molecule has 0 saturated heterocycles. The lowest BCUT2D eigenvalue weighted by Crippen LogP contribution is -2.01. The van der Waals surface area contributed by atoms with E-state index in [1.54, 1.807) is 0 Å². The molecule has 40 heavy (non-hydrogen) atoms. The molecular weight excluding hydrogens is 488 g/mol. The zero-order chi connectivity index (χ0) is 26.5.